The number of nitrogens with zero attached hydrogens (tertiary/aromatic N) is 2. The molecule has 2 amide bonds. The van der Waals surface area contributed by atoms with Gasteiger partial charge in [-0.15, -0.1) is 0 Å². The van der Waals surface area contributed by atoms with Crippen molar-refractivity contribution >= 4 is 11.8 Å². The molecule has 0 aromatic carbocycles. The maximum Gasteiger partial charge on any atom is 0.238 e. The summed E-state index contributed by atoms with van der Waals surface area (Å²) in [6.07, 6.45) is 3.36. The summed E-state index contributed by atoms with van der Waals surface area (Å²) in [5.41, 5.74) is 1.28. The van der Waals surface area contributed by atoms with Crippen LogP contribution in [0.5, 0.6) is 0 Å². The Morgan fingerprint density at radius 1 is 1.48 bits per heavy atom. The lowest BCUT2D eigenvalue weighted by Gasteiger charge is -2.34. The van der Waals surface area contributed by atoms with Crippen LogP contribution in [0.1, 0.15) is 43.0 Å². The summed E-state index contributed by atoms with van der Waals surface area (Å²) < 4.78 is 0. The minimum absolute atomic E-state index is 0.00110. The fourth-order valence-electron chi connectivity index (χ4n) is 3.26. The van der Waals surface area contributed by atoms with Gasteiger partial charge < -0.3 is 10.2 Å². The number of nitrogens with one attached hydrogen (secondary N) is 2. The standard InChI is InChI=1S/C15H22N4O2/c1-10-8-12(18-17-10)11-4-3-7-19(9-11)14(21)15(5-6-15)13(20)16-2/h8,11H,3-7,9H2,1-2H3,(H,16,20)(H,17,18). The van der Waals surface area contributed by atoms with E-state index in [1.807, 2.05) is 17.9 Å². The van der Waals surface area contributed by atoms with Crippen molar-refractivity contribution in [2.75, 3.05) is 20.1 Å². The smallest absolute Gasteiger partial charge is 0.238 e. The Bertz CT molecular complexity index is 562. The third-order valence-corrected chi connectivity index (χ3v) is 4.67. The van der Waals surface area contributed by atoms with Crippen LogP contribution in [0.25, 0.3) is 0 Å². The summed E-state index contributed by atoms with van der Waals surface area (Å²) >= 11 is 0. The molecule has 6 heteroatoms. The van der Waals surface area contributed by atoms with Gasteiger partial charge in [-0.2, -0.15) is 5.10 Å². The lowest BCUT2D eigenvalue weighted by atomic mass is 9.93. The average Bonchev–Trinajstić information content (AvgIpc) is 3.21. The Morgan fingerprint density at radius 2 is 2.24 bits per heavy atom. The first kappa shape index (κ1) is 14.1. The van der Waals surface area contributed by atoms with Gasteiger partial charge in [-0.25, -0.2) is 0 Å². The Kier molecular flexibility index (Phi) is 3.47. The number of aromatic amines is 1. The molecule has 0 spiro atoms. The number of carbonyl (C=O) groups excluding carboxylic acids is 2. The number of hydrogen-bond donors (Lipinski definition) is 2. The Labute approximate surface area is 124 Å². The van der Waals surface area contributed by atoms with Crippen LogP contribution >= 0.6 is 0 Å². The van der Waals surface area contributed by atoms with Crippen molar-refractivity contribution in [2.45, 2.75) is 38.5 Å². The zero-order valence-corrected chi connectivity index (χ0v) is 12.6. The first-order chi connectivity index (χ1) is 10.1. The minimum atomic E-state index is -0.780. The molecule has 2 N–H and O–H groups in total. The van der Waals surface area contributed by atoms with Crippen LogP contribution in [0.4, 0.5) is 0 Å². The number of aromatic nitrogens is 2. The summed E-state index contributed by atoms with van der Waals surface area (Å²) in [5.74, 6) is 0.136. The zero-order valence-electron chi connectivity index (χ0n) is 12.6. The van der Waals surface area contributed by atoms with Crippen LogP contribution in [0.3, 0.4) is 0 Å². The molecule has 1 aromatic rings. The van der Waals surface area contributed by atoms with Crippen molar-refractivity contribution in [3.05, 3.63) is 17.5 Å². The van der Waals surface area contributed by atoms with E-state index in [1.165, 1.54) is 0 Å². The normalized spacial score (nSPS) is 23.7. The third-order valence-electron chi connectivity index (χ3n) is 4.67. The van der Waals surface area contributed by atoms with Crippen LogP contribution in [-0.4, -0.2) is 47.0 Å². The fraction of sp³-hybridized carbons (Fsp3) is 0.667. The maximum absolute atomic E-state index is 12.7. The van der Waals surface area contributed by atoms with Gasteiger partial charge in [0.25, 0.3) is 0 Å². The van der Waals surface area contributed by atoms with E-state index in [2.05, 4.69) is 15.5 Å². The average molecular weight is 290 g/mol. The van der Waals surface area contributed by atoms with Crippen molar-refractivity contribution in [2.24, 2.45) is 5.41 Å². The second-order valence-corrected chi connectivity index (χ2v) is 6.23. The van der Waals surface area contributed by atoms with Crippen LogP contribution in [0.15, 0.2) is 6.07 Å². The third kappa shape index (κ3) is 2.43. The van der Waals surface area contributed by atoms with Gasteiger partial charge in [0.05, 0.1) is 5.69 Å². The first-order valence-electron chi connectivity index (χ1n) is 7.60. The highest BCUT2D eigenvalue weighted by Gasteiger charge is 2.57. The zero-order chi connectivity index (χ0) is 15.0. The number of carbonyl (C=O) groups is 2. The maximum atomic E-state index is 12.7. The second-order valence-electron chi connectivity index (χ2n) is 6.23. The van der Waals surface area contributed by atoms with Crippen molar-refractivity contribution < 1.29 is 9.59 Å². The number of piperidine rings is 1. The molecular formula is C15H22N4O2. The molecule has 1 unspecified atom stereocenters. The quantitative estimate of drug-likeness (QED) is 0.814. The molecular weight excluding hydrogens is 268 g/mol. The highest BCUT2D eigenvalue weighted by molar-refractivity contribution is 6.07. The van der Waals surface area contributed by atoms with Crippen molar-refractivity contribution in [3.63, 3.8) is 0 Å². The Morgan fingerprint density at radius 3 is 2.81 bits per heavy atom. The Hall–Kier alpha value is -1.85. The number of aryl methyl sites for hydroxylation is 1. The number of rotatable bonds is 3. The number of likely N-dealkylation sites (tertiary alicyclic amines) is 1. The number of H-pyrrole nitrogens is 1. The van der Waals surface area contributed by atoms with Gasteiger partial charge in [-0.05, 0) is 38.7 Å². The first-order valence-corrected chi connectivity index (χ1v) is 7.60. The van der Waals surface area contributed by atoms with E-state index < -0.39 is 5.41 Å². The molecule has 1 aliphatic heterocycles. The van der Waals surface area contributed by atoms with E-state index in [1.54, 1.807) is 7.05 Å². The van der Waals surface area contributed by atoms with E-state index in [4.69, 9.17) is 0 Å². The van der Waals surface area contributed by atoms with E-state index in [0.717, 1.165) is 30.8 Å². The monoisotopic (exact) mass is 290 g/mol. The van der Waals surface area contributed by atoms with E-state index in [-0.39, 0.29) is 17.7 Å². The van der Waals surface area contributed by atoms with E-state index in [0.29, 0.717) is 19.4 Å². The summed E-state index contributed by atoms with van der Waals surface area (Å²) in [5, 5.41) is 9.91. The van der Waals surface area contributed by atoms with Gasteiger partial charge in [0.15, 0.2) is 0 Å². The highest BCUT2D eigenvalue weighted by atomic mass is 16.2. The van der Waals surface area contributed by atoms with Gasteiger partial charge >= 0.3 is 0 Å². The predicted molar refractivity (Wildman–Crippen MR) is 77.6 cm³/mol. The molecule has 2 heterocycles. The molecule has 1 aromatic heterocycles. The van der Waals surface area contributed by atoms with Gasteiger partial charge in [0, 0.05) is 31.7 Å². The molecule has 21 heavy (non-hydrogen) atoms. The highest BCUT2D eigenvalue weighted by Crippen LogP contribution is 2.48. The topological polar surface area (TPSA) is 78.1 Å². The van der Waals surface area contributed by atoms with Crippen LogP contribution < -0.4 is 5.32 Å². The molecule has 1 saturated heterocycles. The molecule has 1 atom stereocenters. The van der Waals surface area contributed by atoms with Crippen molar-refractivity contribution in [1.29, 1.82) is 0 Å². The lowest BCUT2D eigenvalue weighted by Crippen LogP contribution is -2.47. The van der Waals surface area contributed by atoms with Crippen LogP contribution in [-0.2, 0) is 9.59 Å². The van der Waals surface area contributed by atoms with Crippen molar-refractivity contribution in [3.8, 4) is 0 Å². The van der Waals surface area contributed by atoms with Crippen LogP contribution in [0, 0.1) is 12.3 Å². The van der Waals surface area contributed by atoms with Gasteiger partial charge in [-0.3, -0.25) is 14.7 Å². The van der Waals surface area contributed by atoms with E-state index >= 15 is 0 Å². The summed E-state index contributed by atoms with van der Waals surface area (Å²) in [4.78, 5) is 26.5. The minimum Gasteiger partial charge on any atom is -0.358 e. The molecule has 114 valence electrons. The van der Waals surface area contributed by atoms with E-state index in [9.17, 15) is 9.59 Å². The lowest BCUT2D eigenvalue weighted by molar-refractivity contribution is -0.145. The SMILES string of the molecule is CNC(=O)C1(C(=O)N2CCCC(c3cc(C)[nH]n3)C2)CC1. The molecule has 1 aliphatic carbocycles. The van der Waals surface area contributed by atoms with Gasteiger partial charge in [0.1, 0.15) is 5.41 Å². The summed E-state index contributed by atoms with van der Waals surface area (Å²) in [6.45, 7) is 3.40. The second kappa shape index (κ2) is 5.16. The molecule has 3 rings (SSSR count). The van der Waals surface area contributed by atoms with Crippen LogP contribution in [0.2, 0.25) is 0 Å². The summed E-state index contributed by atoms with van der Waals surface area (Å²) in [7, 11) is 1.60. The fourth-order valence-corrected chi connectivity index (χ4v) is 3.26. The summed E-state index contributed by atoms with van der Waals surface area (Å²) in [6, 6.07) is 2.05. The van der Waals surface area contributed by atoms with Gasteiger partial charge in [-0.1, -0.05) is 0 Å². The van der Waals surface area contributed by atoms with Gasteiger partial charge in [0.2, 0.25) is 11.8 Å². The molecule has 0 bridgehead atoms. The molecule has 2 aliphatic rings. The number of hydrogen-bond acceptors (Lipinski definition) is 3. The molecule has 6 nitrogen and oxygen atoms in total. The molecule has 1 saturated carbocycles. The predicted octanol–water partition coefficient (Wildman–Crippen LogP) is 0.950. The Balaban J connectivity index is 1.72. The molecule has 0 radical (unpaired) electrons. The molecule has 2 fully saturated rings. The number of amides is 2. The largest absolute Gasteiger partial charge is 0.358 e. The van der Waals surface area contributed by atoms with Crippen molar-refractivity contribution in [1.82, 2.24) is 20.4 Å².